The van der Waals surface area contributed by atoms with Gasteiger partial charge in [0.15, 0.2) is 5.82 Å². The number of anilines is 1. The number of benzene rings is 2. The summed E-state index contributed by atoms with van der Waals surface area (Å²) in [5.41, 5.74) is 2.60. The van der Waals surface area contributed by atoms with Crippen molar-refractivity contribution in [1.82, 2.24) is 20.2 Å². The molecule has 1 fully saturated rings. The first-order valence-corrected chi connectivity index (χ1v) is 13.1. The van der Waals surface area contributed by atoms with Crippen LogP contribution in [0.4, 0.5) is 14.6 Å². The van der Waals surface area contributed by atoms with Crippen LogP contribution < -0.4 is 15.4 Å². The Balaban J connectivity index is 1.54. The van der Waals surface area contributed by atoms with Crippen LogP contribution in [0.5, 0.6) is 6.01 Å². The number of hydrogen-bond donors (Lipinski definition) is 2. The van der Waals surface area contributed by atoms with Gasteiger partial charge in [-0.1, -0.05) is 31.7 Å². The Morgan fingerprint density at radius 3 is 2.87 bits per heavy atom. The Hall–Kier alpha value is -3.59. The summed E-state index contributed by atoms with van der Waals surface area (Å²) >= 11 is 0. The van der Waals surface area contributed by atoms with Crippen molar-refractivity contribution in [2.75, 3.05) is 38.6 Å². The summed E-state index contributed by atoms with van der Waals surface area (Å²) in [5.74, 6) is -1.05. The van der Waals surface area contributed by atoms with E-state index in [4.69, 9.17) is 4.74 Å². The molecule has 0 radical (unpaired) electrons. The van der Waals surface area contributed by atoms with Gasteiger partial charge in [-0.25, -0.2) is 8.78 Å². The largest absolute Gasteiger partial charge is 0.462 e. The standard InChI is InChI=1S/C29H33F2N5O2/c1-4-24(37)32-10-11-33-28-22-15-23(30)25(20-9-5-7-18-13-17(2)14-21(18)20)26(31)27(22)34-29(35-28)38-16-19-8-6-12-36(19)3/h4-5,7,9,15,17,19H,1,6,8,10-14,16H2,2-3H3,(H,32,37)(H,33,34,35)/t17?,19-/m0/s1. The maximum Gasteiger partial charge on any atom is 0.319 e. The monoisotopic (exact) mass is 521 g/mol. The first kappa shape index (κ1) is 26.0. The highest BCUT2D eigenvalue weighted by atomic mass is 19.1. The molecule has 1 aromatic heterocycles. The van der Waals surface area contributed by atoms with Crippen molar-refractivity contribution in [2.45, 2.75) is 38.6 Å². The molecule has 1 amide bonds. The van der Waals surface area contributed by atoms with Crippen LogP contribution in [0.25, 0.3) is 22.0 Å². The van der Waals surface area contributed by atoms with Crippen LogP contribution in [-0.4, -0.2) is 60.1 Å². The van der Waals surface area contributed by atoms with Gasteiger partial charge in [-0.3, -0.25) is 4.79 Å². The number of carbonyl (C=O) groups is 1. The third-order valence-corrected chi connectivity index (χ3v) is 7.50. The van der Waals surface area contributed by atoms with Gasteiger partial charge in [0.05, 0.1) is 5.56 Å². The molecule has 9 heteroatoms. The van der Waals surface area contributed by atoms with Crippen molar-refractivity contribution in [3.05, 3.63) is 59.7 Å². The number of likely N-dealkylation sites (tertiary alicyclic amines) is 1. The topological polar surface area (TPSA) is 79.4 Å². The van der Waals surface area contributed by atoms with E-state index in [1.807, 2.05) is 19.2 Å². The van der Waals surface area contributed by atoms with Gasteiger partial charge < -0.3 is 20.3 Å². The normalized spacial score (nSPS) is 18.9. The molecule has 0 spiro atoms. The fraction of sp³-hybridized carbons (Fsp3) is 0.414. The van der Waals surface area contributed by atoms with Gasteiger partial charge >= 0.3 is 6.01 Å². The molecule has 2 atom stereocenters. The van der Waals surface area contributed by atoms with Gasteiger partial charge in [0, 0.05) is 24.5 Å². The number of amides is 1. The number of likely N-dealkylation sites (N-methyl/N-ethyl adjacent to an activating group) is 1. The highest BCUT2D eigenvalue weighted by Crippen LogP contribution is 2.40. The highest BCUT2D eigenvalue weighted by molar-refractivity contribution is 5.94. The van der Waals surface area contributed by atoms with Crippen LogP contribution in [0.2, 0.25) is 0 Å². The second kappa shape index (κ2) is 11.0. The predicted octanol–water partition coefficient (Wildman–Crippen LogP) is 4.50. The quantitative estimate of drug-likeness (QED) is 0.319. The molecule has 0 bridgehead atoms. The Morgan fingerprint density at radius 1 is 1.26 bits per heavy atom. The van der Waals surface area contributed by atoms with E-state index in [1.165, 1.54) is 12.1 Å². The third-order valence-electron chi connectivity index (χ3n) is 7.50. The number of fused-ring (bicyclic) bond motifs is 2. The molecule has 38 heavy (non-hydrogen) atoms. The lowest BCUT2D eigenvalue weighted by molar-refractivity contribution is -0.116. The molecule has 1 aliphatic heterocycles. The van der Waals surface area contributed by atoms with Gasteiger partial charge in [0.2, 0.25) is 5.91 Å². The lowest BCUT2D eigenvalue weighted by Gasteiger charge is -2.20. The van der Waals surface area contributed by atoms with Crippen molar-refractivity contribution in [2.24, 2.45) is 5.92 Å². The lowest BCUT2D eigenvalue weighted by Crippen LogP contribution is -2.31. The number of aromatic nitrogens is 2. The van der Waals surface area contributed by atoms with Crippen LogP contribution in [0, 0.1) is 17.6 Å². The number of halogens is 2. The molecule has 2 aliphatic rings. The Bertz CT molecular complexity index is 1380. The van der Waals surface area contributed by atoms with E-state index in [1.54, 1.807) is 6.07 Å². The van der Waals surface area contributed by atoms with Crippen molar-refractivity contribution < 1.29 is 18.3 Å². The number of nitrogens with zero attached hydrogens (tertiary/aromatic N) is 3. The molecule has 7 nitrogen and oxygen atoms in total. The zero-order valence-electron chi connectivity index (χ0n) is 21.8. The van der Waals surface area contributed by atoms with Gasteiger partial charge in [-0.05, 0) is 74.0 Å². The van der Waals surface area contributed by atoms with Crippen LogP contribution >= 0.6 is 0 Å². The molecule has 2 N–H and O–H groups in total. The molecular formula is C29H33F2N5O2. The van der Waals surface area contributed by atoms with Gasteiger partial charge in [0.1, 0.15) is 23.8 Å². The fourth-order valence-corrected chi connectivity index (χ4v) is 5.52. The van der Waals surface area contributed by atoms with Crippen molar-refractivity contribution >= 4 is 22.6 Å². The van der Waals surface area contributed by atoms with Crippen LogP contribution in [0.15, 0.2) is 36.9 Å². The van der Waals surface area contributed by atoms with Gasteiger partial charge in [-0.15, -0.1) is 0 Å². The number of nitrogens with one attached hydrogen (secondary N) is 2. The first-order valence-electron chi connectivity index (χ1n) is 13.1. The van der Waals surface area contributed by atoms with Crippen LogP contribution in [-0.2, 0) is 17.6 Å². The molecule has 1 aliphatic carbocycles. The average molecular weight is 522 g/mol. The highest BCUT2D eigenvalue weighted by Gasteiger charge is 2.27. The van der Waals surface area contributed by atoms with Crippen molar-refractivity contribution in [3.63, 3.8) is 0 Å². The zero-order valence-corrected chi connectivity index (χ0v) is 21.8. The first-order chi connectivity index (χ1) is 18.4. The van der Waals surface area contributed by atoms with E-state index >= 15 is 8.78 Å². The van der Waals surface area contributed by atoms with E-state index in [-0.39, 0.29) is 53.3 Å². The molecule has 3 aromatic rings. The summed E-state index contributed by atoms with van der Waals surface area (Å²) in [5, 5.41) is 5.96. The minimum Gasteiger partial charge on any atom is -0.462 e. The molecule has 2 heterocycles. The second-order valence-corrected chi connectivity index (χ2v) is 10.3. The summed E-state index contributed by atoms with van der Waals surface area (Å²) in [6.07, 6.45) is 4.94. The summed E-state index contributed by atoms with van der Waals surface area (Å²) < 4.78 is 37.8. The van der Waals surface area contributed by atoms with E-state index in [2.05, 4.69) is 39.0 Å². The molecule has 200 valence electrons. The SMILES string of the molecule is C=CC(=O)NCCNc1nc(OC[C@@H]2CCCN2C)nc2c(F)c(-c3cccc4c3CC(C)C4)c(F)cc12. The van der Waals surface area contributed by atoms with E-state index in [9.17, 15) is 4.79 Å². The number of hydrogen-bond acceptors (Lipinski definition) is 6. The predicted molar refractivity (Wildman–Crippen MR) is 144 cm³/mol. The fourth-order valence-electron chi connectivity index (χ4n) is 5.52. The molecule has 5 rings (SSSR count). The van der Waals surface area contributed by atoms with Crippen LogP contribution in [0.1, 0.15) is 30.9 Å². The molecule has 1 unspecified atom stereocenters. The molecular weight excluding hydrogens is 488 g/mol. The Morgan fingerprint density at radius 2 is 2.11 bits per heavy atom. The smallest absolute Gasteiger partial charge is 0.319 e. The Labute approximate surface area is 221 Å². The van der Waals surface area contributed by atoms with Crippen molar-refractivity contribution in [1.29, 1.82) is 0 Å². The Kier molecular flexibility index (Phi) is 7.56. The maximum atomic E-state index is 16.2. The van der Waals surface area contributed by atoms with E-state index in [0.29, 0.717) is 18.1 Å². The number of ether oxygens (including phenoxy) is 1. The lowest BCUT2D eigenvalue weighted by atomic mass is 9.94. The van der Waals surface area contributed by atoms with Gasteiger partial charge in [-0.2, -0.15) is 9.97 Å². The summed E-state index contributed by atoms with van der Waals surface area (Å²) in [4.78, 5) is 22.6. The number of rotatable bonds is 9. The third kappa shape index (κ3) is 5.20. The van der Waals surface area contributed by atoms with E-state index in [0.717, 1.165) is 43.4 Å². The average Bonchev–Trinajstić information content (AvgIpc) is 3.49. The zero-order chi connectivity index (χ0) is 26.8. The molecule has 2 aromatic carbocycles. The molecule has 0 saturated carbocycles. The summed E-state index contributed by atoms with van der Waals surface area (Å²) in [7, 11) is 2.04. The van der Waals surface area contributed by atoms with Crippen molar-refractivity contribution in [3.8, 4) is 17.1 Å². The summed E-state index contributed by atoms with van der Waals surface area (Å²) in [6.45, 7) is 7.50. The van der Waals surface area contributed by atoms with Gasteiger partial charge in [0.25, 0.3) is 0 Å². The van der Waals surface area contributed by atoms with E-state index < -0.39 is 11.6 Å². The minimum atomic E-state index is -0.735. The minimum absolute atomic E-state index is 0.00699. The van der Waals surface area contributed by atoms with Crippen LogP contribution in [0.3, 0.4) is 0 Å². The molecule has 1 saturated heterocycles. The maximum absolute atomic E-state index is 16.2. The number of carbonyl (C=O) groups excluding carboxylic acids is 1. The second-order valence-electron chi connectivity index (χ2n) is 10.3. The summed E-state index contributed by atoms with van der Waals surface area (Å²) in [6, 6.07) is 7.19.